The van der Waals surface area contributed by atoms with Gasteiger partial charge < -0.3 is 10.6 Å². The number of hydrogen-bond acceptors (Lipinski definition) is 3. The second-order valence-electron chi connectivity index (χ2n) is 4.52. The quantitative estimate of drug-likeness (QED) is 0.907. The first-order valence-electron chi connectivity index (χ1n) is 6.34. The van der Waals surface area contributed by atoms with Crippen molar-refractivity contribution in [3.8, 4) is 0 Å². The van der Waals surface area contributed by atoms with Gasteiger partial charge in [0.15, 0.2) is 0 Å². The summed E-state index contributed by atoms with van der Waals surface area (Å²) in [6.45, 7) is 2.14. The highest BCUT2D eigenvalue weighted by molar-refractivity contribution is 7.10. The molecule has 104 valence electrons. The number of nitrogens with one attached hydrogen (secondary N) is 2. The molecule has 0 bridgehead atoms. The Balaban J connectivity index is 1.69. The number of carbonyl (C=O) groups is 1. The molecule has 2 amide bonds. The van der Waals surface area contributed by atoms with Gasteiger partial charge in [0.2, 0.25) is 0 Å². The van der Waals surface area contributed by atoms with Gasteiger partial charge in [0.1, 0.15) is 0 Å². The van der Waals surface area contributed by atoms with E-state index in [1.807, 2.05) is 35.7 Å². The van der Waals surface area contributed by atoms with E-state index >= 15 is 0 Å². The zero-order valence-electron chi connectivity index (χ0n) is 10.7. The van der Waals surface area contributed by atoms with E-state index in [4.69, 9.17) is 11.6 Å². The molecule has 20 heavy (non-hydrogen) atoms. The number of benzene rings is 1. The zero-order chi connectivity index (χ0) is 13.9. The fourth-order valence-corrected chi connectivity index (χ4v) is 3.15. The predicted octanol–water partition coefficient (Wildman–Crippen LogP) is 3.54. The molecule has 2 aromatic rings. The van der Waals surface area contributed by atoms with Crippen molar-refractivity contribution >= 4 is 40.3 Å². The Labute approximate surface area is 126 Å². The number of rotatable bonds is 4. The molecule has 2 heterocycles. The summed E-state index contributed by atoms with van der Waals surface area (Å²) in [6.07, 6.45) is 0. The third-order valence-electron chi connectivity index (χ3n) is 3.10. The predicted molar refractivity (Wildman–Crippen MR) is 83.8 cm³/mol. The number of thiophene rings is 1. The second-order valence-corrected chi connectivity index (χ2v) is 5.95. The largest absolute Gasteiger partial charge is 0.380 e. The average molecular weight is 308 g/mol. The van der Waals surface area contributed by atoms with Crippen molar-refractivity contribution in [1.29, 1.82) is 0 Å². The lowest BCUT2D eigenvalue weighted by molar-refractivity contribution is 0.252. The van der Waals surface area contributed by atoms with E-state index in [9.17, 15) is 4.79 Å². The molecule has 0 spiro atoms. The van der Waals surface area contributed by atoms with Crippen LogP contribution in [0.15, 0.2) is 35.7 Å². The topological polar surface area (TPSA) is 44.4 Å². The van der Waals surface area contributed by atoms with E-state index < -0.39 is 0 Å². The molecule has 3 rings (SSSR count). The average Bonchev–Trinajstić information content (AvgIpc) is 3.05. The fourth-order valence-electron chi connectivity index (χ4n) is 2.14. The van der Waals surface area contributed by atoms with Crippen molar-refractivity contribution in [3.63, 3.8) is 0 Å². The lowest BCUT2D eigenvalue weighted by Gasteiger charge is -2.15. The van der Waals surface area contributed by atoms with E-state index in [1.165, 1.54) is 4.88 Å². The van der Waals surface area contributed by atoms with E-state index in [0.717, 1.165) is 22.9 Å². The summed E-state index contributed by atoms with van der Waals surface area (Å²) in [4.78, 5) is 14.6. The molecule has 0 atom stereocenters. The Bertz CT molecular complexity index is 628. The van der Waals surface area contributed by atoms with Gasteiger partial charge in [0.25, 0.3) is 0 Å². The third kappa shape index (κ3) is 2.89. The van der Waals surface area contributed by atoms with E-state index in [1.54, 1.807) is 16.2 Å². The van der Waals surface area contributed by atoms with Crippen LogP contribution in [0.4, 0.5) is 16.2 Å². The molecular weight excluding hydrogens is 294 g/mol. The first kappa shape index (κ1) is 13.3. The maximum atomic E-state index is 11.6. The second kappa shape index (κ2) is 5.73. The van der Waals surface area contributed by atoms with Crippen LogP contribution >= 0.6 is 22.9 Å². The lowest BCUT2D eigenvalue weighted by Crippen LogP contribution is -2.27. The summed E-state index contributed by atoms with van der Waals surface area (Å²) < 4.78 is 0. The van der Waals surface area contributed by atoms with Gasteiger partial charge in [-0.25, -0.2) is 4.79 Å². The molecule has 1 aromatic heterocycles. The summed E-state index contributed by atoms with van der Waals surface area (Å²) in [6, 6.07) is 9.79. The molecule has 0 unspecified atom stereocenters. The zero-order valence-corrected chi connectivity index (χ0v) is 12.3. The molecule has 1 aliphatic rings. The number of halogens is 1. The van der Waals surface area contributed by atoms with E-state index in [-0.39, 0.29) is 6.03 Å². The number of hydrogen-bond donors (Lipinski definition) is 2. The molecule has 1 saturated heterocycles. The number of amides is 2. The summed E-state index contributed by atoms with van der Waals surface area (Å²) >= 11 is 7.53. The molecule has 0 radical (unpaired) electrons. The van der Waals surface area contributed by atoms with Gasteiger partial charge >= 0.3 is 6.03 Å². The van der Waals surface area contributed by atoms with E-state index in [2.05, 4.69) is 10.6 Å². The third-order valence-corrected chi connectivity index (χ3v) is 4.39. The van der Waals surface area contributed by atoms with Gasteiger partial charge in [-0.2, -0.15) is 0 Å². The van der Waals surface area contributed by atoms with Crippen molar-refractivity contribution in [2.75, 3.05) is 23.3 Å². The number of anilines is 2. The minimum atomic E-state index is -0.0350. The maximum absolute atomic E-state index is 11.6. The highest BCUT2D eigenvalue weighted by Gasteiger charge is 2.20. The number of carbonyl (C=O) groups excluding carboxylic acids is 1. The molecule has 1 aliphatic heterocycles. The lowest BCUT2D eigenvalue weighted by atomic mass is 10.2. The van der Waals surface area contributed by atoms with Gasteiger partial charge in [0.05, 0.1) is 5.02 Å². The van der Waals surface area contributed by atoms with Gasteiger partial charge in [-0.15, -0.1) is 11.3 Å². The van der Waals surface area contributed by atoms with Crippen LogP contribution in [0.25, 0.3) is 0 Å². The van der Waals surface area contributed by atoms with Gasteiger partial charge in [-0.05, 0) is 24.3 Å². The summed E-state index contributed by atoms with van der Waals surface area (Å²) in [5.41, 5.74) is 1.90. The van der Waals surface area contributed by atoms with Gasteiger partial charge in [-0.1, -0.05) is 17.7 Å². The van der Waals surface area contributed by atoms with Crippen molar-refractivity contribution < 1.29 is 4.79 Å². The Morgan fingerprint density at radius 2 is 2.30 bits per heavy atom. The first-order chi connectivity index (χ1) is 9.72. The molecular formula is C14H14ClN3OS. The van der Waals surface area contributed by atoms with Crippen LogP contribution in [0.2, 0.25) is 5.02 Å². The van der Waals surface area contributed by atoms with Crippen LogP contribution in [0.3, 0.4) is 0 Å². The summed E-state index contributed by atoms with van der Waals surface area (Å²) in [7, 11) is 0. The minimum Gasteiger partial charge on any atom is -0.380 e. The van der Waals surface area contributed by atoms with Gasteiger partial charge in [0, 0.05) is 41.3 Å². The van der Waals surface area contributed by atoms with Crippen LogP contribution in [0.5, 0.6) is 0 Å². The SMILES string of the molecule is O=C1NCCN1c1cccc(NCc2cc(Cl)cs2)c1. The van der Waals surface area contributed by atoms with Crippen LogP contribution < -0.4 is 15.5 Å². The minimum absolute atomic E-state index is 0.0350. The highest BCUT2D eigenvalue weighted by atomic mass is 35.5. The summed E-state index contributed by atoms with van der Waals surface area (Å²) in [5.74, 6) is 0. The molecule has 0 aliphatic carbocycles. The standard InChI is InChI=1S/C14H14ClN3OS/c15-10-6-13(20-9-10)8-17-11-2-1-3-12(7-11)18-5-4-16-14(18)19/h1-3,6-7,9,17H,4-5,8H2,(H,16,19). The molecule has 1 fully saturated rings. The van der Waals surface area contributed by atoms with Crippen molar-refractivity contribution in [1.82, 2.24) is 5.32 Å². The molecule has 6 heteroatoms. The fraction of sp³-hybridized carbons (Fsp3) is 0.214. The molecule has 4 nitrogen and oxygen atoms in total. The van der Waals surface area contributed by atoms with Crippen molar-refractivity contribution in [3.05, 3.63) is 45.6 Å². The first-order valence-corrected chi connectivity index (χ1v) is 7.60. The highest BCUT2D eigenvalue weighted by Crippen LogP contribution is 2.23. The van der Waals surface area contributed by atoms with E-state index in [0.29, 0.717) is 13.1 Å². The molecule has 1 aromatic carbocycles. The molecule has 2 N–H and O–H groups in total. The van der Waals surface area contributed by atoms with Crippen LogP contribution in [-0.2, 0) is 6.54 Å². The Morgan fingerprint density at radius 3 is 3.00 bits per heavy atom. The van der Waals surface area contributed by atoms with Crippen LogP contribution in [-0.4, -0.2) is 19.1 Å². The van der Waals surface area contributed by atoms with Crippen molar-refractivity contribution in [2.45, 2.75) is 6.54 Å². The van der Waals surface area contributed by atoms with Crippen LogP contribution in [0.1, 0.15) is 4.88 Å². The monoisotopic (exact) mass is 307 g/mol. The maximum Gasteiger partial charge on any atom is 0.321 e. The molecule has 0 saturated carbocycles. The summed E-state index contributed by atoms with van der Waals surface area (Å²) in [5, 5.41) is 8.84. The number of urea groups is 1. The smallest absolute Gasteiger partial charge is 0.321 e. The number of nitrogens with zero attached hydrogens (tertiary/aromatic N) is 1. The van der Waals surface area contributed by atoms with Gasteiger partial charge in [-0.3, -0.25) is 4.90 Å². The van der Waals surface area contributed by atoms with Crippen LogP contribution in [0, 0.1) is 0 Å². The normalized spacial score (nSPS) is 14.4. The Kier molecular flexibility index (Phi) is 3.80. The van der Waals surface area contributed by atoms with Crippen molar-refractivity contribution in [2.24, 2.45) is 0 Å². The Hall–Kier alpha value is -1.72. The Morgan fingerprint density at radius 1 is 1.40 bits per heavy atom.